The highest BCUT2D eigenvalue weighted by molar-refractivity contribution is 6.32. The lowest BCUT2D eigenvalue weighted by atomic mass is 10.2. The van der Waals surface area contributed by atoms with Crippen LogP contribution in [0.3, 0.4) is 0 Å². The lowest BCUT2D eigenvalue weighted by Gasteiger charge is -2.06. The van der Waals surface area contributed by atoms with Crippen LogP contribution in [0.15, 0.2) is 30.5 Å². The summed E-state index contributed by atoms with van der Waals surface area (Å²) in [7, 11) is 0. The molecule has 3 nitrogen and oxygen atoms in total. The van der Waals surface area contributed by atoms with Crippen LogP contribution in [0.5, 0.6) is 5.75 Å². The van der Waals surface area contributed by atoms with Crippen LogP contribution in [-0.4, -0.2) is 11.0 Å². The third kappa shape index (κ3) is 1.92. The molecular weight excluding hydrogens is 214 g/mol. The molecule has 0 unspecified atom stereocenters. The Labute approximate surface area is 91.6 Å². The van der Waals surface area contributed by atoms with E-state index in [2.05, 4.69) is 4.98 Å². The van der Waals surface area contributed by atoms with E-state index >= 15 is 0 Å². The predicted octanol–water partition coefficient (Wildman–Crippen LogP) is 2.81. The Hall–Kier alpha value is -1.61. The maximum Gasteiger partial charge on any atom is 0.308 e. The maximum absolute atomic E-state index is 10.9. The second-order valence-corrected chi connectivity index (χ2v) is 3.42. The van der Waals surface area contributed by atoms with Gasteiger partial charge in [-0.15, -0.1) is 0 Å². The lowest BCUT2D eigenvalue weighted by molar-refractivity contribution is -0.131. The Morgan fingerprint density at radius 1 is 1.40 bits per heavy atom. The van der Waals surface area contributed by atoms with Crippen LogP contribution >= 0.6 is 11.6 Å². The van der Waals surface area contributed by atoms with Gasteiger partial charge in [-0.25, -0.2) is 4.98 Å². The Kier molecular flexibility index (Phi) is 2.56. The van der Waals surface area contributed by atoms with Crippen molar-refractivity contribution in [1.82, 2.24) is 4.98 Å². The molecule has 0 bridgehead atoms. The number of fused-ring (bicyclic) bond motifs is 1. The number of aromatic nitrogens is 1. The molecule has 1 aromatic heterocycles. The number of ether oxygens (including phenoxy) is 1. The molecular formula is C11H8ClNO2. The summed E-state index contributed by atoms with van der Waals surface area (Å²) in [6.07, 6.45) is 1.64. The summed E-state index contributed by atoms with van der Waals surface area (Å²) < 4.78 is 5.02. The number of esters is 1. The topological polar surface area (TPSA) is 39.2 Å². The zero-order valence-electron chi connectivity index (χ0n) is 8.03. The molecule has 76 valence electrons. The fraction of sp³-hybridized carbons (Fsp3) is 0.0909. The molecule has 0 fully saturated rings. The largest absolute Gasteiger partial charge is 0.423 e. The lowest BCUT2D eigenvalue weighted by Crippen LogP contribution is -2.03. The van der Waals surface area contributed by atoms with Crippen LogP contribution in [0.25, 0.3) is 10.8 Å². The molecule has 4 heteroatoms. The van der Waals surface area contributed by atoms with Gasteiger partial charge in [0, 0.05) is 23.9 Å². The number of benzene rings is 1. The summed E-state index contributed by atoms with van der Waals surface area (Å²) in [5, 5.41) is 1.87. The first-order valence-corrected chi connectivity index (χ1v) is 4.78. The average Bonchev–Trinajstić information content (AvgIpc) is 2.22. The summed E-state index contributed by atoms with van der Waals surface area (Å²) in [4.78, 5) is 14.8. The minimum atomic E-state index is -0.407. The summed E-state index contributed by atoms with van der Waals surface area (Å²) in [6, 6.07) is 7.45. The van der Waals surface area contributed by atoms with Crippen molar-refractivity contribution in [1.29, 1.82) is 0 Å². The van der Waals surface area contributed by atoms with Crippen LogP contribution < -0.4 is 4.74 Å². The number of hydrogen-bond acceptors (Lipinski definition) is 3. The van der Waals surface area contributed by atoms with Gasteiger partial charge in [-0.1, -0.05) is 35.9 Å². The van der Waals surface area contributed by atoms with Gasteiger partial charge in [0.2, 0.25) is 0 Å². The van der Waals surface area contributed by atoms with Crippen molar-refractivity contribution in [3.05, 3.63) is 35.6 Å². The third-order valence-electron chi connectivity index (χ3n) is 1.96. The summed E-state index contributed by atoms with van der Waals surface area (Å²) >= 11 is 5.86. The number of pyridine rings is 1. The van der Waals surface area contributed by atoms with Gasteiger partial charge in [0.15, 0.2) is 10.9 Å². The maximum atomic E-state index is 10.9. The van der Waals surface area contributed by atoms with Crippen molar-refractivity contribution in [3.63, 3.8) is 0 Å². The highest BCUT2D eigenvalue weighted by Crippen LogP contribution is 2.31. The van der Waals surface area contributed by atoms with Crippen LogP contribution in [0.4, 0.5) is 0 Å². The zero-order chi connectivity index (χ0) is 10.8. The first-order valence-electron chi connectivity index (χ1n) is 4.40. The molecule has 15 heavy (non-hydrogen) atoms. The molecule has 0 aliphatic rings. The standard InChI is InChI=1S/C11H8ClNO2/c1-7(14)15-10-9-5-3-2-4-8(9)6-13-11(10)12/h2-6H,1H3. The fourth-order valence-electron chi connectivity index (χ4n) is 1.35. The smallest absolute Gasteiger partial charge is 0.308 e. The monoisotopic (exact) mass is 221 g/mol. The highest BCUT2D eigenvalue weighted by Gasteiger charge is 2.10. The minimum absolute atomic E-state index is 0.198. The highest BCUT2D eigenvalue weighted by atomic mass is 35.5. The first-order chi connectivity index (χ1) is 7.18. The second kappa shape index (κ2) is 3.87. The predicted molar refractivity (Wildman–Crippen MR) is 58.1 cm³/mol. The van der Waals surface area contributed by atoms with Gasteiger partial charge in [0.05, 0.1) is 0 Å². The first kappa shape index (κ1) is 9.93. The number of rotatable bonds is 1. The molecule has 0 atom stereocenters. The molecule has 2 aromatic rings. The average molecular weight is 222 g/mol. The van der Waals surface area contributed by atoms with Crippen LogP contribution in [0.1, 0.15) is 6.92 Å². The number of carbonyl (C=O) groups excluding carboxylic acids is 1. The van der Waals surface area contributed by atoms with Crippen LogP contribution in [0.2, 0.25) is 5.15 Å². The summed E-state index contributed by atoms with van der Waals surface area (Å²) in [5.74, 6) is -0.0858. The Balaban J connectivity index is 2.68. The normalized spacial score (nSPS) is 10.3. The van der Waals surface area contributed by atoms with E-state index < -0.39 is 5.97 Å². The Morgan fingerprint density at radius 2 is 2.13 bits per heavy atom. The second-order valence-electron chi connectivity index (χ2n) is 3.06. The van der Waals surface area contributed by atoms with Crippen molar-refractivity contribution in [2.75, 3.05) is 0 Å². The van der Waals surface area contributed by atoms with Gasteiger partial charge < -0.3 is 4.74 Å². The third-order valence-corrected chi connectivity index (χ3v) is 2.22. The van der Waals surface area contributed by atoms with Gasteiger partial charge in [-0.05, 0) is 0 Å². The van der Waals surface area contributed by atoms with Crippen molar-refractivity contribution in [2.24, 2.45) is 0 Å². The molecule has 0 N–H and O–H groups in total. The van der Waals surface area contributed by atoms with Crippen molar-refractivity contribution in [3.8, 4) is 5.75 Å². The van der Waals surface area contributed by atoms with E-state index in [4.69, 9.17) is 16.3 Å². The van der Waals surface area contributed by atoms with E-state index in [1.54, 1.807) is 6.20 Å². The van der Waals surface area contributed by atoms with Gasteiger partial charge >= 0.3 is 5.97 Å². The molecule has 0 saturated heterocycles. The van der Waals surface area contributed by atoms with Crippen LogP contribution in [0, 0.1) is 0 Å². The van der Waals surface area contributed by atoms with Crippen LogP contribution in [-0.2, 0) is 4.79 Å². The minimum Gasteiger partial charge on any atom is -0.423 e. The quantitative estimate of drug-likeness (QED) is 0.549. The molecule has 0 amide bonds. The number of hydrogen-bond donors (Lipinski definition) is 0. The summed E-state index contributed by atoms with van der Waals surface area (Å²) in [5.41, 5.74) is 0. The van der Waals surface area contributed by atoms with E-state index in [9.17, 15) is 4.79 Å². The molecule has 2 rings (SSSR count). The zero-order valence-corrected chi connectivity index (χ0v) is 8.78. The van der Waals surface area contributed by atoms with E-state index in [0.29, 0.717) is 5.75 Å². The molecule has 0 aliphatic heterocycles. The molecule has 0 radical (unpaired) electrons. The fourth-order valence-corrected chi connectivity index (χ4v) is 1.54. The van der Waals surface area contributed by atoms with Gasteiger partial charge in [0.25, 0.3) is 0 Å². The SMILES string of the molecule is CC(=O)Oc1c(Cl)ncc2ccccc12. The van der Waals surface area contributed by atoms with Gasteiger partial charge in [-0.3, -0.25) is 4.79 Å². The van der Waals surface area contributed by atoms with E-state index in [-0.39, 0.29) is 5.15 Å². The number of halogens is 1. The van der Waals surface area contributed by atoms with E-state index in [1.165, 1.54) is 6.92 Å². The Bertz CT molecular complexity index is 525. The van der Waals surface area contributed by atoms with Crippen molar-refractivity contribution >= 4 is 28.3 Å². The summed E-state index contributed by atoms with van der Waals surface area (Å²) in [6.45, 7) is 1.33. The van der Waals surface area contributed by atoms with Crippen molar-refractivity contribution in [2.45, 2.75) is 6.92 Å². The molecule has 1 aromatic carbocycles. The van der Waals surface area contributed by atoms with E-state index in [0.717, 1.165) is 10.8 Å². The Morgan fingerprint density at radius 3 is 2.87 bits per heavy atom. The number of carbonyl (C=O) groups is 1. The van der Waals surface area contributed by atoms with Gasteiger partial charge in [-0.2, -0.15) is 0 Å². The van der Waals surface area contributed by atoms with E-state index in [1.807, 2.05) is 24.3 Å². The molecule has 0 saturated carbocycles. The van der Waals surface area contributed by atoms with Gasteiger partial charge in [0.1, 0.15) is 0 Å². The molecule has 0 aliphatic carbocycles. The van der Waals surface area contributed by atoms with Crippen molar-refractivity contribution < 1.29 is 9.53 Å². The molecule has 1 heterocycles. The molecule has 0 spiro atoms. The number of nitrogens with zero attached hydrogens (tertiary/aromatic N) is 1.